The van der Waals surface area contributed by atoms with E-state index >= 15 is 0 Å². The third-order valence-electron chi connectivity index (χ3n) is 4.06. The second kappa shape index (κ2) is 11.1. The number of nitrogens with two attached hydrogens (primary N) is 1. The number of aliphatic imine (C=N–C) groups is 1. The number of aromatic hydroxyl groups is 1. The number of phenolic OH excluding ortho intramolecular Hbond substituents is 1. The summed E-state index contributed by atoms with van der Waals surface area (Å²) in [5.74, 6) is 0.707. The molecule has 1 aromatic rings. The van der Waals surface area contributed by atoms with E-state index in [1.807, 2.05) is 6.92 Å². The minimum atomic E-state index is -0.0735. The number of methoxy groups -OCH3 is 1. The number of benzene rings is 1. The molecular weight excluding hydrogens is 334 g/mol. The number of guanidine groups is 1. The van der Waals surface area contributed by atoms with Crippen LogP contribution in [0.5, 0.6) is 11.5 Å². The van der Waals surface area contributed by atoms with Crippen LogP contribution in [0.2, 0.25) is 0 Å². The lowest BCUT2D eigenvalue weighted by Gasteiger charge is -2.13. The van der Waals surface area contributed by atoms with Crippen LogP contribution in [-0.2, 0) is 16.0 Å². The van der Waals surface area contributed by atoms with Crippen LogP contribution in [0.15, 0.2) is 23.2 Å². The standard InChI is InChI=1S/C19H29N3O4/c1-13(22-19(20)21-2)5-4-6-15(23)12-16(24)9-7-14-8-10-17(25)18(11-14)26-3/h8,10-11,13,25H,4-7,9,12H2,1-3H3,(H3,20,21,22). The zero-order valence-corrected chi connectivity index (χ0v) is 15.7. The van der Waals surface area contributed by atoms with Crippen molar-refractivity contribution in [2.24, 2.45) is 10.7 Å². The predicted octanol–water partition coefficient (Wildman–Crippen LogP) is 1.95. The zero-order chi connectivity index (χ0) is 19.5. The van der Waals surface area contributed by atoms with Gasteiger partial charge in [0.1, 0.15) is 11.6 Å². The zero-order valence-electron chi connectivity index (χ0n) is 15.7. The number of Topliss-reactive ketones (excluding diaryl/α,β-unsaturated/α-hetero) is 2. The number of aryl methyl sites for hydroxylation is 1. The van der Waals surface area contributed by atoms with Gasteiger partial charge in [-0.15, -0.1) is 0 Å². The van der Waals surface area contributed by atoms with Crippen molar-refractivity contribution in [3.8, 4) is 11.5 Å². The van der Waals surface area contributed by atoms with Gasteiger partial charge in [0.05, 0.1) is 13.5 Å². The molecule has 0 amide bonds. The fourth-order valence-electron chi connectivity index (χ4n) is 2.55. The molecule has 0 fully saturated rings. The Morgan fingerprint density at radius 2 is 2.00 bits per heavy atom. The van der Waals surface area contributed by atoms with Gasteiger partial charge in [0, 0.05) is 25.9 Å². The monoisotopic (exact) mass is 363 g/mol. The molecule has 1 atom stereocenters. The number of hydrogen-bond acceptors (Lipinski definition) is 5. The summed E-state index contributed by atoms with van der Waals surface area (Å²) >= 11 is 0. The summed E-state index contributed by atoms with van der Waals surface area (Å²) in [4.78, 5) is 27.7. The van der Waals surface area contributed by atoms with Crippen LogP contribution in [0.1, 0.15) is 44.6 Å². The Balaban J connectivity index is 2.29. The van der Waals surface area contributed by atoms with Crippen LogP contribution in [0.4, 0.5) is 0 Å². The van der Waals surface area contributed by atoms with Crippen LogP contribution in [0, 0.1) is 0 Å². The van der Waals surface area contributed by atoms with Gasteiger partial charge in [-0.3, -0.25) is 14.6 Å². The van der Waals surface area contributed by atoms with E-state index in [4.69, 9.17) is 10.5 Å². The number of phenols is 1. The van der Waals surface area contributed by atoms with Gasteiger partial charge in [0.25, 0.3) is 0 Å². The van der Waals surface area contributed by atoms with E-state index in [9.17, 15) is 14.7 Å². The van der Waals surface area contributed by atoms with Crippen LogP contribution in [0.25, 0.3) is 0 Å². The summed E-state index contributed by atoms with van der Waals surface area (Å²) in [6.45, 7) is 1.97. The summed E-state index contributed by atoms with van der Waals surface area (Å²) in [5.41, 5.74) is 6.47. The second-order valence-electron chi connectivity index (χ2n) is 6.31. The molecule has 0 aliphatic rings. The SMILES string of the molecule is CN=C(N)NC(C)CCCC(=O)CC(=O)CCc1ccc(O)c(OC)c1. The third-order valence-corrected chi connectivity index (χ3v) is 4.06. The highest BCUT2D eigenvalue weighted by atomic mass is 16.5. The fourth-order valence-corrected chi connectivity index (χ4v) is 2.55. The summed E-state index contributed by atoms with van der Waals surface area (Å²) in [6, 6.07) is 5.11. The van der Waals surface area contributed by atoms with Crippen LogP contribution in [0.3, 0.4) is 0 Å². The van der Waals surface area contributed by atoms with E-state index in [-0.39, 0.29) is 29.8 Å². The molecule has 1 rings (SSSR count). The molecule has 7 heteroatoms. The van der Waals surface area contributed by atoms with Crippen molar-refractivity contribution < 1.29 is 19.4 Å². The Bertz CT molecular complexity index is 644. The Hall–Kier alpha value is -2.57. The fraction of sp³-hybridized carbons (Fsp3) is 0.526. The number of nitrogens with zero attached hydrogens (tertiary/aromatic N) is 1. The molecule has 0 saturated carbocycles. The number of hydrogen-bond donors (Lipinski definition) is 3. The Morgan fingerprint density at radius 1 is 1.31 bits per heavy atom. The van der Waals surface area contributed by atoms with Gasteiger partial charge >= 0.3 is 0 Å². The molecule has 7 nitrogen and oxygen atoms in total. The average Bonchev–Trinajstić information content (AvgIpc) is 2.60. The number of carbonyl (C=O) groups excluding carboxylic acids is 2. The highest BCUT2D eigenvalue weighted by molar-refractivity contribution is 5.99. The van der Waals surface area contributed by atoms with Gasteiger partial charge in [0.15, 0.2) is 17.5 Å². The summed E-state index contributed by atoms with van der Waals surface area (Å²) in [5, 5.41) is 12.6. The van der Waals surface area contributed by atoms with Crippen LogP contribution < -0.4 is 15.8 Å². The molecule has 144 valence electrons. The number of carbonyl (C=O) groups is 2. The number of ether oxygens (including phenoxy) is 1. The Labute approximate surface area is 154 Å². The predicted molar refractivity (Wildman–Crippen MR) is 102 cm³/mol. The normalized spacial score (nSPS) is 12.5. The van der Waals surface area contributed by atoms with Crippen molar-refractivity contribution in [3.05, 3.63) is 23.8 Å². The van der Waals surface area contributed by atoms with E-state index in [1.54, 1.807) is 19.2 Å². The quantitative estimate of drug-likeness (QED) is 0.315. The molecule has 0 aliphatic carbocycles. The lowest BCUT2D eigenvalue weighted by molar-refractivity contribution is -0.127. The van der Waals surface area contributed by atoms with Gasteiger partial charge in [-0.1, -0.05) is 6.07 Å². The second-order valence-corrected chi connectivity index (χ2v) is 6.31. The van der Waals surface area contributed by atoms with Gasteiger partial charge in [-0.05, 0) is 43.9 Å². The molecule has 0 aromatic heterocycles. The first-order valence-corrected chi connectivity index (χ1v) is 8.73. The molecule has 4 N–H and O–H groups in total. The average molecular weight is 363 g/mol. The van der Waals surface area contributed by atoms with Gasteiger partial charge < -0.3 is 20.9 Å². The number of ketones is 2. The van der Waals surface area contributed by atoms with Crippen LogP contribution in [-0.4, -0.2) is 42.8 Å². The van der Waals surface area contributed by atoms with E-state index in [1.165, 1.54) is 13.2 Å². The van der Waals surface area contributed by atoms with Crippen molar-refractivity contribution in [3.63, 3.8) is 0 Å². The smallest absolute Gasteiger partial charge is 0.188 e. The summed E-state index contributed by atoms with van der Waals surface area (Å²) < 4.78 is 5.04. The third kappa shape index (κ3) is 8.00. The Kier molecular flexibility index (Phi) is 9.19. The van der Waals surface area contributed by atoms with Gasteiger partial charge in [-0.25, -0.2) is 0 Å². The van der Waals surface area contributed by atoms with Crippen molar-refractivity contribution in [1.82, 2.24) is 5.32 Å². The minimum absolute atomic E-state index is 0.0322. The molecule has 0 heterocycles. The summed E-state index contributed by atoms with van der Waals surface area (Å²) in [6.07, 6.45) is 2.64. The molecule has 0 radical (unpaired) electrons. The summed E-state index contributed by atoms with van der Waals surface area (Å²) in [7, 11) is 3.08. The maximum atomic E-state index is 12.0. The van der Waals surface area contributed by atoms with Crippen LogP contribution >= 0.6 is 0 Å². The molecule has 0 bridgehead atoms. The lowest BCUT2D eigenvalue weighted by Crippen LogP contribution is -2.38. The van der Waals surface area contributed by atoms with Crippen molar-refractivity contribution >= 4 is 17.5 Å². The topological polar surface area (TPSA) is 114 Å². The van der Waals surface area contributed by atoms with Gasteiger partial charge in [0.2, 0.25) is 0 Å². The maximum absolute atomic E-state index is 12.0. The molecule has 0 saturated heterocycles. The minimum Gasteiger partial charge on any atom is -0.504 e. The molecular formula is C19H29N3O4. The van der Waals surface area contributed by atoms with E-state index < -0.39 is 0 Å². The van der Waals surface area contributed by atoms with E-state index in [0.717, 1.165) is 12.0 Å². The Morgan fingerprint density at radius 3 is 2.65 bits per heavy atom. The molecule has 1 unspecified atom stereocenters. The maximum Gasteiger partial charge on any atom is 0.188 e. The van der Waals surface area contributed by atoms with Crippen molar-refractivity contribution in [2.75, 3.05) is 14.2 Å². The highest BCUT2D eigenvalue weighted by Gasteiger charge is 2.12. The molecule has 0 aliphatic heterocycles. The van der Waals surface area contributed by atoms with E-state index in [2.05, 4.69) is 10.3 Å². The first-order chi connectivity index (χ1) is 12.3. The largest absolute Gasteiger partial charge is 0.504 e. The van der Waals surface area contributed by atoms with E-state index in [0.29, 0.717) is 37.4 Å². The first-order valence-electron chi connectivity index (χ1n) is 8.73. The first kappa shape index (κ1) is 21.5. The highest BCUT2D eigenvalue weighted by Crippen LogP contribution is 2.26. The number of nitrogens with one attached hydrogen (secondary N) is 1. The van der Waals surface area contributed by atoms with Crippen molar-refractivity contribution in [2.45, 2.75) is 51.5 Å². The molecule has 26 heavy (non-hydrogen) atoms. The molecule has 1 aromatic carbocycles. The number of rotatable bonds is 11. The van der Waals surface area contributed by atoms with Crippen molar-refractivity contribution in [1.29, 1.82) is 0 Å². The molecule has 0 spiro atoms. The van der Waals surface area contributed by atoms with Gasteiger partial charge in [-0.2, -0.15) is 0 Å². The lowest BCUT2D eigenvalue weighted by atomic mass is 10.0.